The maximum absolute atomic E-state index is 12.8. The number of carbonyl (C=O) groups is 2. The molecule has 0 bridgehead atoms. The predicted molar refractivity (Wildman–Crippen MR) is 106 cm³/mol. The molecular weight excluding hydrogens is 342 g/mol. The van der Waals surface area contributed by atoms with E-state index in [1.54, 1.807) is 11.0 Å². The van der Waals surface area contributed by atoms with E-state index in [0.29, 0.717) is 37.6 Å². The van der Waals surface area contributed by atoms with Crippen LogP contribution in [-0.2, 0) is 9.53 Å². The first-order valence-electron chi connectivity index (χ1n) is 9.12. The van der Waals surface area contributed by atoms with Crippen LogP contribution in [0, 0.1) is 13.8 Å². The fourth-order valence-corrected chi connectivity index (χ4v) is 3.13. The Morgan fingerprint density at radius 2 is 1.67 bits per heavy atom. The van der Waals surface area contributed by atoms with Gasteiger partial charge in [-0.25, -0.2) is 0 Å². The molecule has 0 saturated carbocycles. The highest BCUT2D eigenvalue weighted by molar-refractivity contribution is 6.01. The van der Waals surface area contributed by atoms with Crippen LogP contribution in [0.2, 0.25) is 0 Å². The number of rotatable bonds is 5. The van der Waals surface area contributed by atoms with Gasteiger partial charge in [0.1, 0.15) is 0 Å². The standard InChI is InChI=1S/C21H25N3O3/c1-15-6-5-7-16(2)20(15)23-19(25)14-22-18-9-4-3-8-17(18)21(26)24-10-12-27-13-11-24/h3-9,22H,10-14H2,1-2H3,(H,23,25). The smallest absolute Gasteiger partial charge is 0.256 e. The van der Waals surface area contributed by atoms with Crippen molar-refractivity contribution in [3.8, 4) is 0 Å². The number of anilines is 2. The normalized spacial score (nSPS) is 13.9. The molecule has 0 unspecified atom stereocenters. The molecule has 0 radical (unpaired) electrons. The van der Waals surface area contributed by atoms with Gasteiger partial charge in [-0.3, -0.25) is 9.59 Å². The first-order valence-corrected chi connectivity index (χ1v) is 9.12. The zero-order valence-electron chi connectivity index (χ0n) is 15.7. The van der Waals surface area contributed by atoms with E-state index in [9.17, 15) is 9.59 Å². The Morgan fingerprint density at radius 1 is 1.00 bits per heavy atom. The molecule has 2 amide bonds. The molecule has 27 heavy (non-hydrogen) atoms. The lowest BCUT2D eigenvalue weighted by atomic mass is 10.1. The molecule has 0 spiro atoms. The van der Waals surface area contributed by atoms with Crippen molar-refractivity contribution < 1.29 is 14.3 Å². The average Bonchev–Trinajstić information content (AvgIpc) is 2.69. The van der Waals surface area contributed by atoms with Crippen LogP contribution in [0.4, 0.5) is 11.4 Å². The number of nitrogens with one attached hydrogen (secondary N) is 2. The van der Waals surface area contributed by atoms with E-state index in [0.717, 1.165) is 16.8 Å². The van der Waals surface area contributed by atoms with E-state index in [4.69, 9.17) is 4.74 Å². The molecule has 1 fully saturated rings. The molecule has 1 saturated heterocycles. The molecule has 6 heteroatoms. The number of morpholine rings is 1. The van der Waals surface area contributed by atoms with Crippen LogP contribution >= 0.6 is 0 Å². The first kappa shape index (κ1) is 18.9. The largest absolute Gasteiger partial charge is 0.378 e. The summed E-state index contributed by atoms with van der Waals surface area (Å²) in [7, 11) is 0. The maximum atomic E-state index is 12.8. The van der Waals surface area contributed by atoms with Gasteiger partial charge in [0.05, 0.1) is 25.3 Å². The topological polar surface area (TPSA) is 70.7 Å². The van der Waals surface area contributed by atoms with Gasteiger partial charge in [0.2, 0.25) is 5.91 Å². The highest BCUT2D eigenvalue weighted by Crippen LogP contribution is 2.20. The number of carbonyl (C=O) groups excluding carboxylic acids is 2. The van der Waals surface area contributed by atoms with E-state index in [2.05, 4.69) is 10.6 Å². The second kappa shape index (κ2) is 8.68. The minimum absolute atomic E-state index is 0.0449. The summed E-state index contributed by atoms with van der Waals surface area (Å²) in [6, 6.07) is 13.2. The zero-order valence-corrected chi connectivity index (χ0v) is 15.7. The zero-order chi connectivity index (χ0) is 19.2. The van der Waals surface area contributed by atoms with E-state index in [1.165, 1.54) is 0 Å². The lowest BCUT2D eigenvalue weighted by Gasteiger charge is -2.27. The minimum Gasteiger partial charge on any atom is -0.378 e. The molecule has 2 N–H and O–H groups in total. The van der Waals surface area contributed by atoms with Crippen molar-refractivity contribution >= 4 is 23.2 Å². The fraction of sp³-hybridized carbons (Fsp3) is 0.333. The van der Waals surface area contributed by atoms with Crippen LogP contribution in [0.15, 0.2) is 42.5 Å². The van der Waals surface area contributed by atoms with Gasteiger partial charge in [-0.15, -0.1) is 0 Å². The molecule has 2 aromatic carbocycles. The van der Waals surface area contributed by atoms with E-state index >= 15 is 0 Å². The Hall–Kier alpha value is -2.86. The monoisotopic (exact) mass is 367 g/mol. The molecule has 0 aliphatic carbocycles. The van der Waals surface area contributed by atoms with Crippen molar-refractivity contribution in [1.82, 2.24) is 4.90 Å². The van der Waals surface area contributed by atoms with Crippen molar-refractivity contribution in [2.75, 3.05) is 43.5 Å². The summed E-state index contributed by atoms with van der Waals surface area (Å²) in [5.74, 6) is -0.197. The first-order chi connectivity index (χ1) is 13.1. The Bertz CT molecular complexity index is 809. The molecule has 1 aliphatic heterocycles. The van der Waals surface area contributed by atoms with Crippen molar-refractivity contribution in [3.05, 3.63) is 59.2 Å². The van der Waals surface area contributed by atoms with Gasteiger partial charge in [-0.05, 0) is 37.1 Å². The summed E-state index contributed by atoms with van der Waals surface area (Å²) in [6.07, 6.45) is 0. The molecule has 1 heterocycles. The molecule has 0 atom stereocenters. The van der Waals surface area contributed by atoms with Gasteiger partial charge >= 0.3 is 0 Å². The number of benzene rings is 2. The summed E-state index contributed by atoms with van der Waals surface area (Å²) in [5.41, 5.74) is 4.10. The number of ether oxygens (including phenoxy) is 1. The molecule has 142 valence electrons. The summed E-state index contributed by atoms with van der Waals surface area (Å²) < 4.78 is 5.31. The summed E-state index contributed by atoms with van der Waals surface area (Å²) in [6.45, 7) is 6.29. The SMILES string of the molecule is Cc1cccc(C)c1NC(=O)CNc1ccccc1C(=O)N1CCOCC1. The van der Waals surface area contributed by atoms with Crippen molar-refractivity contribution in [1.29, 1.82) is 0 Å². The second-order valence-electron chi connectivity index (χ2n) is 6.62. The van der Waals surface area contributed by atoms with Gasteiger partial charge in [-0.2, -0.15) is 0 Å². The Kier molecular flexibility index (Phi) is 6.08. The number of hydrogen-bond acceptors (Lipinski definition) is 4. The lowest BCUT2D eigenvalue weighted by Crippen LogP contribution is -2.41. The number of nitrogens with zero attached hydrogens (tertiary/aromatic N) is 1. The Balaban J connectivity index is 1.66. The highest BCUT2D eigenvalue weighted by Gasteiger charge is 2.21. The van der Waals surface area contributed by atoms with Gasteiger partial charge in [0, 0.05) is 24.5 Å². The fourth-order valence-electron chi connectivity index (χ4n) is 3.13. The van der Waals surface area contributed by atoms with Crippen LogP contribution in [0.25, 0.3) is 0 Å². The lowest BCUT2D eigenvalue weighted by molar-refractivity contribution is -0.114. The number of aryl methyl sites for hydroxylation is 2. The highest BCUT2D eigenvalue weighted by atomic mass is 16.5. The third-order valence-electron chi connectivity index (χ3n) is 4.64. The quantitative estimate of drug-likeness (QED) is 0.853. The summed E-state index contributed by atoms with van der Waals surface area (Å²) in [4.78, 5) is 26.9. The van der Waals surface area contributed by atoms with E-state index in [1.807, 2.05) is 50.2 Å². The van der Waals surface area contributed by atoms with Gasteiger partial charge < -0.3 is 20.3 Å². The van der Waals surface area contributed by atoms with Crippen LogP contribution in [0.1, 0.15) is 21.5 Å². The van der Waals surface area contributed by atoms with Crippen LogP contribution in [0.5, 0.6) is 0 Å². The van der Waals surface area contributed by atoms with Gasteiger partial charge in [0.25, 0.3) is 5.91 Å². The minimum atomic E-state index is -0.152. The van der Waals surface area contributed by atoms with Crippen molar-refractivity contribution in [3.63, 3.8) is 0 Å². The summed E-state index contributed by atoms with van der Waals surface area (Å²) >= 11 is 0. The van der Waals surface area contributed by atoms with E-state index in [-0.39, 0.29) is 18.4 Å². The molecule has 3 rings (SSSR count). The number of hydrogen-bond donors (Lipinski definition) is 2. The van der Waals surface area contributed by atoms with Crippen LogP contribution in [-0.4, -0.2) is 49.6 Å². The predicted octanol–water partition coefficient (Wildman–Crippen LogP) is 2.83. The third kappa shape index (κ3) is 4.65. The van der Waals surface area contributed by atoms with Crippen molar-refractivity contribution in [2.24, 2.45) is 0 Å². The molecule has 2 aromatic rings. The number of para-hydroxylation sites is 2. The maximum Gasteiger partial charge on any atom is 0.256 e. The Morgan fingerprint density at radius 3 is 2.37 bits per heavy atom. The third-order valence-corrected chi connectivity index (χ3v) is 4.64. The van der Waals surface area contributed by atoms with Gasteiger partial charge in [-0.1, -0.05) is 30.3 Å². The van der Waals surface area contributed by atoms with Crippen LogP contribution in [0.3, 0.4) is 0 Å². The number of amides is 2. The molecule has 0 aromatic heterocycles. The molecular formula is C21H25N3O3. The van der Waals surface area contributed by atoms with Crippen LogP contribution < -0.4 is 10.6 Å². The molecule has 6 nitrogen and oxygen atoms in total. The summed E-state index contributed by atoms with van der Waals surface area (Å²) in [5, 5.41) is 6.05. The van der Waals surface area contributed by atoms with Crippen molar-refractivity contribution in [2.45, 2.75) is 13.8 Å². The average molecular weight is 367 g/mol. The van der Waals surface area contributed by atoms with E-state index < -0.39 is 0 Å². The molecule has 1 aliphatic rings. The Labute approximate surface area is 159 Å². The van der Waals surface area contributed by atoms with Gasteiger partial charge in [0.15, 0.2) is 0 Å². The second-order valence-corrected chi connectivity index (χ2v) is 6.62.